The summed E-state index contributed by atoms with van der Waals surface area (Å²) in [5.74, 6) is 0.558. The SMILES string of the molecule is CC[C@@H](C)c1ccc(OS(=O)(=O)c2ccc3[nH]c(=O)[nH]c(=O)c3c2)cc1. The molecule has 0 radical (unpaired) electrons. The summed E-state index contributed by atoms with van der Waals surface area (Å²) in [5.41, 5.74) is 0.0171. The van der Waals surface area contributed by atoms with Crippen molar-refractivity contribution >= 4 is 21.0 Å². The zero-order valence-electron chi connectivity index (χ0n) is 14.3. The lowest BCUT2D eigenvalue weighted by atomic mass is 9.99. The Balaban J connectivity index is 1.94. The molecule has 0 aliphatic heterocycles. The molecule has 2 aromatic carbocycles. The Hall–Kier alpha value is -2.87. The van der Waals surface area contributed by atoms with Crippen molar-refractivity contribution in [3.05, 3.63) is 68.9 Å². The Morgan fingerprint density at radius 1 is 1.04 bits per heavy atom. The minimum atomic E-state index is -4.12. The molecule has 0 fully saturated rings. The minimum Gasteiger partial charge on any atom is -0.379 e. The summed E-state index contributed by atoms with van der Waals surface area (Å²) in [6, 6.07) is 10.7. The van der Waals surface area contributed by atoms with Crippen LogP contribution in [0, 0.1) is 0 Å². The van der Waals surface area contributed by atoms with E-state index in [2.05, 4.69) is 23.8 Å². The Morgan fingerprint density at radius 2 is 1.73 bits per heavy atom. The van der Waals surface area contributed by atoms with E-state index in [1.165, 1.54) is 18.2 Å². The molecular weight excluding hydrogens is 356 g/mol. The fourth-order valence-corrected chi connectivity index (χ4v) is 3.52. The molecule has 1 aromatic heterocycles. The number of benzene rings is 2. The van der Waals surface area contributed by atoms with E-state index < -0.39 is 21.4 Å². The maximum Gasteiger partial charge on any atom is 0.339 e. The van der Waals surface area contributed by atoms with Gasteiger partial charge in [0.1, 0.15) is 10.6 Å². The maximum absolute atomic E-state index is 12.5. The highest BCUT2D eigenvalue weighted by Crippen LogP contribution is 2.24. The van der Waals surface area contributed by atoms with E-state index in [0.717, 1.165) is 12.0 Å². The van der Waals surface area contributed by atoms with E-state index in [0.29, 0.717) is 5.92 Å². The predicted octanol–water partition coefficient (Wildman–Crippen LogP) is 2.50. The molecule has 0 amide bonds. The van der Waals surface area contributed by atoms with Crippen LogP contribution in [0.2, 0.25) is 0 Å². The third-order valence-corrected chi connectivity index (χ3v) is 5.51. The van der Waals surface area contributed by atoms with Crippen molar-refractivity contribution in [2.45, 2.75) is 31.1 Å². The van der Waals surface area contributed by atoms with Crippen LogP contribution in [0.5, 0.6) is 5.75 Å². The van der Waals surface area contributed by atoms with Gasteiger partial charge in [0.15, 0.2) is 0 Å². The Bertz CT molecular complexity index is 1160. The number of aromatic nitrogens is 2. The van der Waals surface area contributed by atoms with Crippen LogP contribution in [0.3, 0.4) is 0 Å². The van der Waals surface area contributed by atoms with E-state index in [1.807, 2.05) is 12.1 Å². The molecule has 0 spiro atoms. The lowest BCUT2D eigenvalue weighted by molar-refractivity contribution is 0.486. The molecule has 3 aromatic rings. The summed E-state index contributed by atoms with van der Waals surface area (Å²) < 4.78 is 30.1. The van der Waals surface area contributed by atoms with E-state index in [4.69, 9.17) is 4.18 Å². The highest BCUT2D eigenvalue weighted by molar-refractivity contribution is 7.87. The molecule has 7 nitrogen and oxygen atoms in total. The summed E-state index contributed by atoms with van der Waals surface area (Å²) >= 11 is 0. The summed E-state index contributed by atoms with van der Waals surface area (Å²) in [6.07, 6.45) is 0.978. The lowest BCUT2D eigenvalue weighted by Gasteiger charge is -2.11. The van der Waals surface area contributed by atoms with Gasteiger partial charge in [-0.25, -0.2) is 4.79 Å². The van der Waals surface area contributed by atoms with Crippen LogP contribution in [0.25, 0.3) is 10.9 Å². The molecule has 0 aliphatic rings. The van der Waals surface area contributed by atoms with Gasteiger partial charge in [-0.3, -0.25) is 9.78 Å². The third kappa shape index (κ3) is 3.55. The molecule has 0 saturated heterocycles. The summed E-state index contributed by atoms with van der Waals surface area (Å²) in [5, 5.41) is 0.0568. The second-order valence-corrected chi connectivity index (χ2v) is 7.58. The molecule has 26 heavy (non-hydrogen) atoms. The molecule has 8 heteroatoms. The van der Waals surface area contributed by atoms with Gasteiger partial charge in [-0.05, 0) is 48.2 Å². The average molecular weight is 374 g/mol. The van der Waals surface area contributed by atoms with Gasteiger partial charge in [0.05, 0.1) is 10.9 Å². The molecule has 136 valence electrons. The topological polar surface area (TPSA) is 109 Å². The van der Waals surface area contributed by atoms with Crippen LogP contribution in [0.4, 0.5) is 0 Å². The third-order valence-electron chi connectivity index (χ3n) is 4.27. The zero-order valence-corrected chi connectivity index (χ0v) is 15.1. The molecule has 0 bridgehead atoms. The van der Waals surface area contributed by atoms with Crippen molar-refractivity contribution in [1.82, 2.24) is 9.97 Å². The van der Waals surface area contributed by atoms with Gasteiger partial charge in [-0.15, -0.1) is 0 Å². The van der Waals surface area contributed by atoms with Crippen molar-refractivity contribution < 1.29 is 12.6 Å². The molecule has 2 N–H and O–H groups in total. The smallest absolute Gasteiger partial charge is 0.339 e. The van der Waals surface area contributed by atoms with Gasteiger partial charge in [0, 0.05) is 0 Å². The average Bonchev–Trinajstić information content (AvgIpc) is 2.61. The van der Waals surface area contributed by atoms with Gasteiger partial charge in [0.25, 0.3) is 5.56 Å². The Labute approximate surface area is 149 Å². The predicted molar refractivity (Wildman–Crippen MR) is 98.2 cm³/mol. The van der Waals surface area contributed by atoms with Crippen molar-refractivity contribution in [3.8, 4) is 5.75 Å². The quantitative estimate of drug-likeness (QED) is 0.667. The number of fused-ring (bicyclic) bond motifs is 1. The fraction of sp³-hybridized carbons (Fsp3) is 0.222. The number of rotatable bonds is 5. The maximum atomic E-state index is 12.5. The van der Waals surface area contributed by atoms with E-state index in [-0.39, 0.29) is 21.5 Å². The second-order valence-electron chi connectivity index (χ2n) is 6.03. The van der Waals surface area contributed by atoms with Crippen LogP contribution >= 0.6 is 0 Å². The summed E-state index contributed by atoms with van der Waals surface area (Å²) in [7, 11) is -4.12. The van der Waals surface area contributed by atoms with Crippen molar-refractivity contribution in [3.63, 3.8) is 0 Å². The van der Waals surface area contributed by atoms with Crippen LogP contribution in [-0.2, 0) is 10.1 Å². The first kappa shape index (κ1) is 17.9. The van der Waals surface area contributed by atoms with Crippen LogP contribution in [-0.4, -0.2) is 18.4 Å². The monoisotopic (exact) mass is 374 g/mol. The second kappa shape index (κ2) is 6.80. The Morgan fingerprint density at radius 3 is 2.38 bits per heavy atom. The molecular formula is C18H18N2O5S. The highest BCUT2D eigenvalue weighted by atomic mass is 32.2. The molecule has 1 atom stereocenters. The number of hydrogen-bond acceptors (Lipinski definition) is 5. The fourth-order valence-electron chi connectivity index (χ4n) is 2.56. The molecule has 0 aliphatic carbocycles. The van der Waals surface area contributed by atoms with E-state index in [9.17, 15) is 18.0 Å². The van der Waals surface area contributed by atoms with Gasteiger partial charge >= 0.3 is 15.8 Å². The van der Waals surface area contributed by atoms with Gasteiger partial charge in [-0.2, -0.15) is 8.42 Å². The summed E-state index contributed by atoms with van der Waals surface area (Å²) in [6.45, 7) is 4.16. The van der Waals surface area contributed by atoms with Crippen molar-refractivity contribution in [1.29, 1.82) is 0 Å². The first-order chi connectivity index (χ1) is 12.3. The summed E-state index contributed by atoms with van der Waals surface area (Å²) in [4.78, 5) is 27.4. The number of H-pyrrole nitrogens is 2. The van der Waals surface area contributed by atoms with Gasteiger partial charge < -0.3 is 9.17 Å². The first-order valence-electron chi connectivity index (χ1n) is 8.11. The van der Waals surface area contributed by atoms with Crippen molar-refractivity contribution in [2.75, 3.05) is 0 Å². The largest absolute Gasteiger partial charge is 0.379 e. The Kier molecular flexibility index (Phi) is 4.69. The van der Waals surface area contributed by atoms with E-state index >= 15 is 0 Å². The zero-order chi connectivity index (χ0) is 18.9. The van der Waals surface area contributed by atoms with Gasteiger partial charge in [0.2, 0.25) is 0 Å². The molecule has 1 heterocycles. The van der Waals surface area contributed by atoms with Crippen LogP contribution in [0.1, 0.15) is 31.7 Å². The molecule has 0 unspecified atom stereocenters. The van der Waals surface area contributed by atoms with Gasteiger partial charge in [-0.1, -0.05) is 26.0 Å². The molecule has 0 saturated carbocycles. The number of aromatic amines is 2. The minimum absolute atomic E-state index is 0.0568. The van der Waals surface area contributed by atoms with Crippen LogP contribution < -0.4 is 15.4 Å². The van der Waals surface area contributed by atoms with Crippen molar-refractivity contribution in [2.24, 2.45) is 0 Å². The standard InChI is InChI=1S/C18H18N2O5S/c1-3-11(2)12-4-6-13(7-5-12)25-26(23,24)14-8-9-16-15(10-14)17(21)20-18(22)19-16/h4-11H,3H2,1-2H3,(H2,19,20,21,22)/t11-/m1/s1. The number of nitrogens with one attached hydrogen (secondary N) is 2. The highest BCUT2D eigenvalue weighted by Gasteiger charge is 2.18. The van der Waals surface area contributed by atoms with E-state index in [1.54, 1.807) is 12.1 Å². The first-order valence-corrected chi connectivity index (χ1v) is 9.52. The molecule has 3 rings (SSSR count). The normalized spacial score (nSPS) is 12.8. The lowest BCUT2D eigenvalue weighted by Crippen LogP contribution is -2.22. The number of hydrogen-bond donors (Lipinski definition) is 2. The van der Waals surface area contributed by atoms with Crippen LogP contribution in [0.15, 0.2) is 56.9 Å².